The summed E-state index contributed by atoms with van der Waals surface area (Å²) in [7, 11) is 0. The number of fused-ring (bicyclic) bond motifs is 2. The van der Waals surface area contributed by atoms with Crippen LogP contribution in [0.1, 0.15) is 31.0 Å². The van der Waals surface area contributed by atoms with Gasteiger partial charge in [-0.05, 0) is 62.1 Å². The van der Waals surface area contributed by atoms with Crippen molar-refractivity contribution in [2.45, 2.75) is 38.3 Å². The van der Waals surface area contributed by atoms with Gasteiger partial charge >= 0.3 is 0 Å². The number of anilines is 3. The average Bonchev–Trinajstić information content (AvgIpc) is 3.20. The molecule has 1 aliphatic heterocycles. The van der Waals surface area contributed by atoms with E-state index in [1.807, 2.05) is 24.3 Å². The second-order valence-electron chi connectivity index (χ2n) is 10.1. The quantitative estimate of drug-likeness (QED) is 0.338. The van der Waals surface area contributed by atoms with E-state index in [-0.39, 0.29) is 12.1 Å². The number of aryl methyl sites for hydroxylation is 1. The fourth-order valence-corrected chi connectivity index (χ4v) is 5.42. The fraction of sp³-hybridized carbons (Fsp3) is 0.357. The van der Waals surface area contributed by atoms with Crippen molar-refractivity contribution in [1.29, 1.82) is 0 Å². The van der Waals surface area contributed by atoms with Gasteiger partial charge in [0, 0.05) is 43.8 Å². The summed E-state index contributed by atoms with van der Waals surface area (Å²) >= 11 is 0. The lowest BCUT2D eigenvalue weighted by Crippen LogP contribution is -2.43. The van der Waals surface area contributed by atoms with E-state index >= 15 is 0 Å². The molecule has 0 radical (unpaired) electrons. The SMILES string of the molecule is C=CCn1c(=O)c2cnc(Nc3ccc(N4CCNCC4)cc3)nc2n1-c1ccc2c(n1)[C@](C)(O)CCC2. The number of nitrogens with zero attached hydrogens (tertiary/aromatic N) is 6. The summed E-state index contributed by atoms with van der Waals surface area (Å²) in [6, 6.07) is 12.1. The molecule has 4 heterocycles. The third kappa shape index (κ3) is 4.35. The van der Waals surface area contributed by atoms with E-state index in [1.54, 1.807) is 28.6 Å². The fourth-order valence-electron chi connectivity index (χ4n) is 5.42. The monoisotopic (exact) mass is 512 g/mol. The van der Waals surface area contributed by atoms with E-state index in [0.29, 0.717) is 34.9 Å². The predicted molar refractivity (Wildman–Crippen MR) is 148 cm³/mol. The minimum absolute atomic E-state index is 0.224. The van der Waals surface area contributed by atoms with Crippen LogP contribution in [0.15, 0.2) is 60.0 Å². The number of hydrogen-bond acceptors (Lipinski definition) is 8. The van der Waals surface area contributed by atoms with Crippen molar-refractivity contribution in [2.75, 3.05) is 36.4 Å². The van der Waals surface area contributed by atoms with Gasteiger partial charge in [0.25, 0.3) is 5.56 Å². The lowest BCUT2D eigenvalue weighted by molar-refractivity contribution is 0.0339. The minimum atomic E-state index is -1.02. The van der Waals surface area contributed by atoms with Gasteiger partial charge in [0.15, 0.2) is 11.5 Å². The molecule has 10 heteroatoms. The summed E-state index contributed by atoms with van der Waals surface area (Å²) in [4.78, 5) is 29.6. The number of piperazine rings is 1. The Hall–Kier alpha value is -4.02. The van der Waals surface area contributed by atoms with Crippen LogP contribution in [-0.4, -0.2) is 55.6 Å². The lowest BCUT2D eigenvalue weighted by atomic mass is 9.84. The van der Waals surface area contributed by atoms with Crippen molar-refractivity contribution in [3.05, 3.63) is 76.9 Å². The van der Waals surface area contributed by atoms with Gasteiger partial charge in [0.1, 0.15) is 11.0 Å². The van der Waals surface area contributed by atoms with Crippen LogP contribution < -0.4 is 21.1 Å². The Labute approximate surface area is 220 Å². The van der Waals surface area contributed by atoms with Crippen LogP contribution in [0.3, 0.4) is 0 Å². The van der Waals surface area contributed by atoms with Crippen LogP contribution in [0.2, 0.25) is 0 Å². The van der Waals surface area contributed by atoms with Gasteiger partial charge in [0.05, 0.1) is 12.2 Å². The van der Waals surface area contributed by atoms with E-state index in [1.165, 1.54) is 5.69 Å². The third-order valence-corrected chi connectivity index (χ3v) is 7.38. The van der Waals surface area contributed by atoms with E-state index < -0.39 is 5.60 Å². The Bertz CT molecular complexity index is 1550. The molecule has 1 aromatic carbocycles. The van der Waals surface area contributed by atoms with Crippen molar-refractivity contribution in [3.63, 3.8) is 0 Å². The summed E-state index contributed by atoms with van der Waals surface area (Å²) in [5, 5.41) is 18.0. The zero-order valence-corrected chi connectivity index (χ0v) is 21.5. The smallest absolute Gasteiger partial charge is 0.278 e. The van der Waals surface area contributed by atoms with Gasteiger partial charge in [-0.25, -0.2) is 19.3 Å². The first-order valence-electron chi connectivity index (χ1n) is 13.1. The molecule has 1 aliphatic carbocycles. The Morgan fingerprint density at radius 3 is 2.71 bits per heavy atom. The molecular formula is C28H32N8O2. The molecule has 1 fully saturated rings. The van der Waals surface area contributed by atoms with E-state index in [0.717, 1.165) is 50.3 Å². The van der Waals surface area contributed by atoms with Crippen LogP contribution >= 0.6 is 0 Å². The summed E-state index contributed by atoms with van der Waals surface area (Å²) in [5.74, 6) is 0.895. The zero-order chi connectivity index (χ0) is 26.3. The van der Waals surface area contributed by atoms with Gasteiger partial charge in [-0.1, -0.05) is 12.1 Å². The number of pyridine rings is 1. The van der Waals surface area contributed by atoms with Gasteiger partial charge < -0.3 is 20.6 Å². The van der Waals surface area contributed by atoms with Gasteiger partial charge in [0.2, 0.25) is 5.95 Å². The highest BCUT2D eigenvalue weighted by Gasteiger charge is 2.32. The second kappa shape index (κ2) is 9.70. The lowest BCUT2D eigenvalue weighted by Gasteiger charge is -2.30. The first kappa shape index (κ1) is 24.3. The maximum Gasteiger partial charge on any atom is 0.278 e. The number of aliphatic hydroxyl groups is 1. The highest BCUT2D eigenvalue weighted by atomic mass is 16.3. The first-order chi connectivity index (χ1) is 18.4. The van der Waals surface area contributed by atoms with Crippen molar-refractivity contribution in [1.82, 2.24) is 29.6 Å². The Balaban J connectivity index is 1.39. The number of benzene rings is 1. The van der Waals surface area contributed by atoms with Crippen LogP contribution in [-0.2, 0) is 18.6 Å². The van der Waals surface area contributed by atoms with Crippen LogP contribution in [0, 0.1) is 0 Å². The van der Waals surface area contributed by atoms with Crippen molar-refractivity contribution >= 4 is 28.4 Å². The molecule has 6 rings (SSSR count). The molecule has 3 aromatic heterocycles. The molecule has 0 amide bonds. The summed E-state index contributed by atoms with van der Waals surface area (Å²) in [5.41, 5.74) is 2.91. The highest BCUT2D eigenvalue weighted by Crippen LogP contribution is 2.34. The average molecular weight is 513 g/mol. The third-order valence-electron chi connectivity index (χ3n) is 7.38. The highest BCUT2D eigenvalue weighted by molar-refractivity contribution is 5.77. The summed E-state index contributed by atoms with van der Waals surface area (Å²) in [6.07, 6.45) is 5.64. The number of nitrogens with one attached hydrogen (secondary N) is 2. The van der Waals surface area contributed by atoms with Crippen LogP contribution in [0.5, 0.6) is 0 Å². The molecule has 0 spiro atoms. The Morgan fingerprint density at radius 2 is 1.95 bits per heavy atom. The predicted octanol–water partition coefficient (Wildman–Crippen LogP) is 2.86. The van der Waals surface area contributed by atoms with Gasteiger partial charge in [-0.15, -0.1) is 6.58 Å². The van der Waals surface area contributed by atoms with Crippen molar-refractivity contribution < 1.29 is 5.11 Å². The number of allylic oxidation sites excluding steroid dienone is 1. The van der Waals surface area contributed by atoms with Gasteiger partial charge in [-0.2, -0.15) is 4.98 Å². The van der Waals surface area contributed by atoms with Crippen molar-refractivity contribution in [2.24, 2.45) is 0 Å². The summed E-state index contributed by atoms with van der Waals surface area (Å²) < 4.78 is 3.25. The minimum Gasteiger partial charge on any atom is -0.384 e. The zero-order valence-electron chi connectivity index (χ0n) is 21.5. The molecule has 38 heavy (non-hydrogen) atoms. The molecule has 10 nitrogen and oxygen atoms in total. The normalized spacial score (nSPS) is 19.4. The molecule has 0 bridgehead atoms. The summed E-state index contributed by atoms with van der Waals surface area (Å²) in [6.45, 7) is 9.83. The maximum atomic E-state index is 13.3. The molecule has 2 aliphatic rings. The number of rotatable bonds is 6. The number of aromatic nitrogens is 5. The van der Waals surface area contributed by atoms with E-state index in [4.69, 9.17) is 9.97 Å². The second-order valence-corrected chi connectivity index (χ2v) is 10.1. The molecular weight excluding hydrogens is 480 g/mol. The molecule has 1 atom stereocenters. The molecule has 0 unspecified atom stereocenters. The van der Waals surface area contributed by atoms with Crippen molar-refractivity contribution in [3.8, 4) is 5.82 Å². The Kier molecular flexibility index (Phi) is 6.21. The van der Waals surface area contributed by atoms with Crippen LogP contribution in [0.25, 0.3) is 16.9 Å². The van der Waals surface area contributed by atoms with E-state index in [9.17, 15) is 9.90 Å². The topological polar surface area (TPSA) is 113 Å². The number of hydrogen-bond donors (Lipinski definition) is 3. The molecule has 3 N–H and O–H groups in total. The van der Waals surface area contributed by atoms with E-state index in [2.05, 4.69) is 39.2 Å². The maximum absolute atomic E-state index is 13.3. The molecule has 0 saturated carbocycles. The first-order valence-corrected chi connectivity index (χ1v) is 13.1. The molecule has 4 aromatic rings. The largest absolute Gasteiger partial charge is 0.384 e. The van der Waals surface area contributed by atoms with Gasteiger partial charge in [-0.3, -0.25) is 4.79 Å². The molecule has 196 valence electrons. The van der Waals surface area contributed by atoms with Crippen LogP contribution in [0.4, 0.5) is 17.3 Å². The molecule has 1 saturated heterocycles. The Morgan fingerprint density at radius 1 is 1.16 bits per heavy atom. The standard InChI is InChI=1S/C28H32N8O2/c1-3-15-35-26(37)22-18-30-27(31-20-7-9-21(10-8-20)34-16-13-29-14-17-34)33-25(22)36(35)23-11-6-19-5-4-12-28(2,38)24(19)32-23/h3,6-11,18,29,38H,1,4-5,12-17H2,2H3,(H,30,31,33)/t28-/m1/s1.